The number of hydrogen-bond donors (Lipinski definition) is 1. The molecule has 25 heavy (non-hydrogen) atoms. The summed E-state index contributed by atoms with van der Waals surface area (Å²) in [6, 6.07) is 13.3. The number of benzene rings is 1. The largest absolute Gasteiger partial charge is 0.492 e. The minimum atomic E-state index is 0.572. The van der Waals surface area contributed by atoms with Crippen molar-refractivity contribution in [2.75, 3.05) is 33.3 Å². The fourth-order valence-electron chi connectivity index (χ4n) is 2.23. The fraction of sp³-hybridized carbons (Fsp3) is 0.368. The van der Waals surface area contributed by atoms with Gasteiger partial charge in [0.2, 0.25) is 0 Å². The van der Waals surface area contributed by atoms with Gasteiger partial charge >= 0.3 is 0 Å². The highest BCUT2D eigenvalue weighted by Crippen LogP contribution is 2.15. The maximum absolute atomic E-state index is 5.87. The van der Waals surface area contributed by atoms with Gasteiger partial charge in [-0.15, -0.1) is 0 Å². The maximum Gasteiger partial charge on any atom is 0.193 e. The van der Waals surface area contributed by atoms with Crippen LogP contribution < -0.4 is 10.1 Å². The van der Waals surface area contributed by atoms with E-state index in [0.29, 0.717) is 18.2 Å². The van der Waals surface area contributed by atoms with Crippen LogP contribution in [0.15, 0.2) is 53.7 Å². The first-order chi connectivity index (χ1) is 12.2. The van der Waals surface area contributed by atoms with Gasteiger partial charge in [0.05, 0.1) is 6.54 Å². The first-order valence-electron chi connectivity index (χ1n) is 8.46. The smallest absolute Gasteiger partial charge is 0.193 e. The molecule has 0 bridgehead atoms. The second kappa shape index (κ2) is 10.6. The Hall–Kier alpha value is -2.27. The van der Waals surface area contributed by atoms with E-state index in [1.165, 1.54) is 0 Å². The van der Waals surface area contributed by atoms with E-state index in [9.17, 15) is 0 Å². The molecule has 134 valence electrons. The highest BCUT2D eigenvalue weighted by Gasteiger charge is 2.06. The zero-order valence-electron chi connectivity index (χ0n) is 14.8. The number of pyridine rings is 1. The van der Waals surface area contributed by atoms with Crippen molar-refractivity contribution in [2.45, 2.75) is 13.3 Å². The number of aromatic nitrogens is 1. The summed E-state index contributed by atoms with van der Waals surface area (Å²) < 4.78 is 5.74. The van der Waals surface area contributed by atoms with Gasteiger partial charge < -0.3 is 15.0 Å². The van der Waals surface area contributed by atoms with E-state index in [0.717, 1.165) is 36.9 Å². The molecule has 2 aromatic rings. The van der Waals surface area contributed by atoms with Crippen LogP contribution in [-0.4, -0.2) is 49.1 Å². The van der Waals surface area contributed by atoms with Crippen LogP contribution in [0.2, 0.25) is 5.02 Å². The number of hydrogen-bond acceptors (Lipinski definition) is 3. The zero-order valence-corrected chi connectivity index (χ0v) is 15.5. The van der Waals surface area contributed by atoms with Gasteiger partial charge in [-0.2, -0.15) is 0 Å². The van der Waals surface area contributed by atoms with Crippen molar-refractivity contribution in [1.29, 1.82) is 0 Å². The Morgan fingerprint density at radius 1 is 1.24 bits per heavy atom. The maximum atomic E-state index is 5.87. The topological polar surface area (TPSA) is 49.8 Å². The molecule has 0 spiro atoms. The minimum absolute atomic E-state index is 0.572. The van der Waals surface area contributed by atoms with Crippen molar-refractivity contribution in [1.82, 2.24) is 15.2 Å². The number of ether oxygens (including phenoxy) is 1. The lowest BCUT2D eigenvalue weighted by Crippen LogP contribution is -2.41. The molecule has 0 aliphatic rings. The molecule has 0 atom stereocenters. The lowest BCUT2D eigenvalue weighted by atomic mass is 10.3. The van der Waals surface area contributed by atoms with Crippen LogP contribution in [0.1, 0.15) is 12.6 Å². The highest BCUT2D eigenvalue weighted by atomic mass is 35.5. The van der Waals surface area contributed by atoms with E-state index in [1.807, 2.05) is 55.7 Å². The third kappa shape index (κ3) is 7.01. The van der Waals surface area contributed by atoms with E-state index in [2.05, 4.69) is 27.1 Å². The Bertz CT molecular complexity index is 646. The Morgan fingerprint density at radius 3 is 2.72 bits per heavy atom. The second-order valence-corrected chi connectivity index (χ2v) is 5.97. The molecular weight excluding hydrogens is 336 g/mol. The number of aliphatic imine (C=N–C) groups is 1. The molecule has 0 aliphatic carbocycles. The standard InChI is InChI=1S/C19H25ClN4O/c1-3-21-19(23-13-11-17-6-4-5-12-22-17)24(2)14-15-25-18-9-7-16(20)8-10-18/h4-10,12H,3,11,13-15H2,1-2H3,(H,21,23). The molecule has 0 amide bonds. The van der Waals surface area contributed by atoms with Crippen LogP contribution in [0, 0.1) is 0 Å². The molecule has 1 N–H and O–H groups in total. The van der Waals surface area contributed by atoms with Crippen LogP contribution in [0.5, 0.6) is 5.75 Å². The zero-order chi connectivity index (χ0) is 17.9. The fourth-order valence-corrected chi connectivity index (χ4v) is 2.36. The number of likely N-dealkylation sites (N-methyl/N-ethyl adjacent to an activating group) is 1. The van der Waals surface area contributed by atoms with Crippen LogP contribution in [0.25, 0.3) is 0 Å². The second-order valence-electron chi connectivity index (χ2n) is 5.53. The van der Waals surface area contributed by atoms with E-state index in [-0.39, 0.29) is 0 Å². The summed E-state index contributed by atoms with van der Waals surface area (Å²) in [5.41, 5.74) is 1.05. The summed E-state index contributed by atoms with van der Waals surface area (Å²) >= 11 is 5.87. The lowest BCUT2D eigenvalue weighted by molar-refractivity contribution is 0.281. The van der Waals surface area contributed by atoms with Crippen LogP contribution >= 0.6 is 11.6 Å². The van der Waals surface area contributed by atoms with E-state index in [4.69, 9.17) is 16.3 Å². The third-order valence-corrected chi connectivity index (χ3v) is 3.81. The Balaban J connectivity index is 1.80. The molecule has 0 saturated heterocycles. The average Bonchev–Trinajstić information content (AvgIpc) is 2.63. The first kappa shape index (κ1) is 19.1. The predicted octanol–water partition coefficient (Wildman–Crippen LogP) is 3.25. The normalized spacial score (nSPS) is 11.2. The van der Waals surface area contributed by atoms with Crippen LogP contribution in [-0.2, 0) is 6.42 Å². The monoisotopic (exact) mass is 360 g/mol. The Labute approximate surface area is 154 Å². The number of guanidine groups is 1. The van der Waals surface area contributed by atoms with Crippen molar-refractivity contribution in [3.05, 3.63) is 59.4 Å². The molecular formula is C19H25ClN4O. The Kier molecular flexibility index (Phi) is 8.05. The molecule has 0 aliphatic heterocycles. The molecule has 1 heterocycles. The molecule has 0 unspecified atom stereocenters. The first-order valence-corrected chi connectivity index (χ1v) is 8.84. The van der Waals surface area contributed by atoms with Gasteiger partial charge in [0.15, 0.2) is 5.96 Å². The average molecular weight is 361 g/mol. The lowest BCUT2D eigenvalue weighted by Gasteiger charge is -2.22. The molecule has 6 heteroatoms. The minimum Gasteiger partial charge on any atom is -0.492 e. The summed E-state index contributed by atoms with van der Waals surface area (Å²) in [5, 5.41) is 4.01. The van der Waals surface area contributed by atoms with Crippen molar-refractivity contribution < 1.29 is 4.74 Å². The SMILES string of the molecule is CCNC(=NCCc1ccccn1)N(C)CCOc1ccc(Cl)cc1. The van der Waals surface area contributed by atoms with Crippen molar-refractivity contribution in [3.63, 3.8) is 0 Å². The summed E-state index contributed by atoms with van der Waals surface area (Å²) in [6.07, 6.45) is 2.63. The van der Waals surface area contributed by atoms with Gasteiger partial charge in [-0.25, -0.2) is 0 Å². The van der Waals surface area contributed by atoms with Gasteiger partial charge in [-0.1, -0.05) is 17.7 Å². The van der Waals surface area contributed by atoms with E-state index < -0.39 is 0 Å². The van der Waals surface area contributed by atoms with Gasteiger partial charge in [0.25, 0.3) is 0 Å². The number of nitrogens with one attached hydrogen (secondary N) is 1. The molecule has 5 nitrogen and oxygen atoms in total. The summed E-state index contributed by atoms with van der Waals surface area (Å²) in [4.78, 5) is 11.1. The van der Waals surface area contributed by atoms with Gasteiger partial charge in [0.1, 0.15) is 12.4 Å². The predicted molar refractivity (Wildman–Crippen MR) is 103 cm³/mol. The van der Waals surface area contributed by atoms with Crippen molar-refractivity contribution in [3.8, 4) is 5.75 Å². The number of halogens is 1. The van der Waals surface area contributed by atoms with E-state index in [1.54, 1.807) is 0 Å². The van der Waals surface area contributed by atoms with Crippen molar-refractivity contribution in [2.24, 2.45) is 4.99 Å². The quantitative estimate of drug-likeness (QED) is 0.580. The number of rotatable bonds is 8. The highest BCUT2D eigenvalue weighted by molar-refractivity contribution is 6.30. The molecule has 0 saturated carbocycles. The summed E-state index contributed by atoms with van der Waals surface area (Å²) in [7, 11) is 2.01. The number of nitrogens with zero attached hydrogens (tertiary/aromatic N) is 3. The van der Waals surface area contributed by atoms with E-state index >= 15 is 0 Å². The molecule has 2 rings (SSSR count). The molecule has 1 aromatic heterocycles. The van der Waals surface area contributed by atoms with Gasteiger partial charge in [0, 0.05) is 43.5 Å². The molecule has 0 fully saturated rings. The summed E-state index contributed by atoms with van der Waals surface area (Å²) in [6.45, 7) is 4.89. The van der Waals surface area contributed by atoms with Crippen LogP contribution in [0.4, 0.5) is 0 Å². The summed E-state index contributed by atoms with van der Waals surface area (Å²) in [5.74, 6) is 1.69. The van der Waals surface area contributed by atoms with Crippen molar-refractivity contribution >= 4 is 17.6 Å². The van der Waals surface area contributed by atoms with Crippen LogP contribution in [0.3, 0.4) is 0 Å². The molecule has 0 radical (unpaired) electrons. The van der Waals surface area contributed by atoms with Gasteiger partial charge in [-0.05, 0) is 43.3 Å². The Morgan fingerprint density at radius 2 is 2.04 bits per heavy atom. The third-order valence-electron chi connectivity index (χ3n) is 3.56. The van der Waals surface area contributed by atoms with Gasteiger partial charge in [-0.3, -0.25) is 9.98 Å². The molecule has 1 aromatic carbocycles.